The minimum Gasteiger partial charge on any atom is -0.325 e. The van der Waals surface area contributed by atoms with Gasteiger partial charge in [-0.2, -0.15) is 0 Å². The molecular weight excluding hydrogens is 394 g/mol. The lowest BCUT2D eigenvalue weighted by molar-refractivity contribution is -0.243. The Labute approximate surface area is 198 Å². The summed E-state index contributed by atoms with van der Waals surface area (Å²) >= 11 is 0. The number of hydrogen-bond donors (Lipinski definition) is 2. The van der Waals surface area contributed by atoms with Crippen molar-refractivity contribution in [1.82, 2.24) is 0 Å². The zero-order chi connectivity index (χ0) is 23.0. The molecule has 0 aromatic carbocycles. The highest BCUT2D eigenvalue weighted by molar-refractivity contribution is 5.16. The van der Waals surface area contributed by atoms with Crippen LogP contribution in [0.15, 0.2) is 0 Å². The van der Waals surface area contributed by atoms with Crippen molar-refractivity contribution >= 4 is 0 Å². The second-order valence-electron chi connectivity index (χ2n) is 13.3. The predicted octanol–water partition coefficient (Wildman–Crippen LogP) is 7.83. The van der Waals surface area contributed by atoms with Crippen molar-refractivity contribution in [2.45, 2.75) is 130 Å². The third-order valence-corrected chi connectivity index (χ3v) is 11.9. The van der Waals surface area contributed by atoms with Gasteiger partial charge in [-0.25, -0.2) is 4.89 Å². The molecule has 0 radical (unpaired) electrons. The van der Waals surface area contributed by atoms with Crippen LogP contribution in [0.5, 0.6) is 0 Å². The quantitative estimate of drug-likeness (QED) is 0.215. The molecule has 3 nitrogen and oxygen atoms in total. The van der Waals surface area contributed by atoms with Gasteiger partial charge in [-0.1, -0.05) is 53.4 Å². The Morgan fingerprint density at radius 2 is 1.78 bits per heavy atom. The summed E-state index contributed by atoms with van der Waals surface area (Å²) in [5.74, 6) is 5.13. The van der Waals surface area contributed by atoms with Crippen LogP contribution >= 0.6 is 0 Å². The van der Waals surface area contributed by atoms with Gasteiger partial charge in [0.15, 0.2) is 0 Å². The second-order valence-corrected chi connectivity index (χ2v) is 13.3. The molecule has 0 aromatic heterocycles. The van der Waals surface area contributed by atoms with Crippen LogP contribution in [-0.4, -0.2) is 17.4 Å². The monoisotopic (exact) mass is 447 g/mol. The minimum absolute atomic E-state index is 0.0899. The smallest absolute Gasteiger partial charge is 0.0819 e. The molecule has 0 spiro atoms. The van der Waals surface area contributed by atoms with Crippen LogP contribution in [0.4, 0.5) is 0 Å². The normalized spacial score (nSPS) is 46.9. The van der Waals surface area contributed by atoms with E-state index in [1.165, 1.54) is 89.9 Å². The van der Waals surface area contributed by atoms with E-state index >= 15 is 0 Å². The first-order chi connectivity index (χ1) is 15.3. The molecule has 0 aromatic rings. The van der Waals surface area contributed by atoms with Crippen molar-refractivity contribution in [3.05, 3.63) is 0 Å². The van der Waals surface area contributed by atoms with Crippen molar-refractivity contribution in [3.63, 3.8) is 0 Å². The van der Waals surface area contributed by atoms with Crippen molar-refractivity contribution in [2.75, 3.05) is 6.61 Å². The molecule has 4 rings (SSSR count). The van der Waals surface area contributed by atoms with E-state index in [9.17, 15) is 0 Å². The molecule has 0 heterocycles. The van der Waals surface area contributed by atoms with Crippen LogP contribution < -0.4 is 5.73 Å². The SMILES string of the molecule is CCCCCC1CCC2(C)C3CCC4(C)C(C(C)CCCOO)CCC4C3CCC2(N)C1. The molecular formula is C29H53NO2. The van der Waals surface area contributed by atoms with Crippen molar-refractivity contribution < 1.29 is 10.1 Å². The van der Waals surface area contributed by atoms with Crippen LogP contribution in [0.1, 0.15) is 124 Å². The summed E-state index contributed by atoms with van der Waals surface area (Å²) in [4.78, 5) is 4.35. The zero-order valence-electron chi connectivity index (χ0n) is 21.7. The maximum Gasteiger partial charge on any atom is 0.0819 e. The average Bonchev–Trinajstić information content (AvgIpc) is 3.12. The van der Waals surface area contributed by atoms with Gasteiger partial charge >= 0.3 is 0 Å². The second kappa shape index (κ2) is 9.86. The first-order valence-corrected chi connectivity index (χ1v) is 14.3. The van der Waals surface area contributed by atoms with Crippen LogP contribution in [-0.2, 0) is 4.89 Å². The summed E-state index contributed by atoms with van der Waals surface area (Å²) in [5.41, 5.74) is 8.35. The van der Waals surface area contributed by atoms with Gasteiger partial charge in [0.2, 0.25) is 0 Å². The van der Waals surface area contributed by atoms with Gasteiger partial charge in [0.05, 0.1) is 6.61 Å². The van der Waals surface area contributed by atoms with Crippen LogP contribution in [0.3, 0.4) is 0 Å². The van der Waals surface area contributed by atoms with E-state index in [0.717, 1.165) is 41.9 Å². The standard InChI is InChI=1S/C29H53NO2/c1-5-6-7-10-22-13-17-28(4)26-15-16-27(3)24(21(2)9-8-19-32-31)11-12-25(27)23(26)14-18-29(28,30)20-22/h21-26,31H,5-20,30H2,1-4H3. The summed E-state index contributed by atoms with van der Waals surface area (Å²) in [6.07, 6.45) is 20.2. The lowest BCUT2D eigenvalue weighted by Crippen LogP contribution is -2.66. The Bertz CT molecular complexity index is 624. The molecule has 0 aliphatic heterocycles. The first kappa shape index (κ1) is 25.0. The fraction of sp³-hybridized carbons (Fsp3) is 1.00. The predicted molar refractivity (Wildman–Crippen MR) is 133 cm³/mol. The van der Waals surface area contributed by atoms with E-state index in [-0.39, 0.29) is 5.54 Å². The fourth-order valence-corrected chi connectivity index (χ4v) is 10.0. The van der Waals surface area contributed by atoms with Crippen molar-refractivity contribution in [1.29, 1.82) is 0 Å². The Balaban J connectivity index is 1.45. The topological polar surface area (TPSA) is 55.5 Å². The maximum absolute atomic E-state index is 8.71. The van der Waals surface area contributed by atoms with Gasteiger partial charge in [-0.15, -0.1) is 0 Å². The van der Waals surface area contributed by atoms with E-state index in [0.29, 0.717) is 17.4 Å². The van der Waals surface area contributed by atoms with E-state index in [2.05, 4.69) is 32.6 Å². The fourth-order valence-electron chi connectivity index (χ4n) is 10.0. The Hall–Kier alpha value is -0.120. The van der Waals surface area contributed by atoms with Crippen LogP contribution in [0.25, 0.3) is 0 Å². The van der Waals surface area contributed by atoms with Gasteiger partial charge < -0.3 is 5.73 Å². The van der Waals surface area contributed by atoms with Gasteiger partial charge in [0.25, 0.3) is 0 Å². The van der Waals surface area contributed by atoms with Gasteiger partial charge in [-0.3, -0.25) is 5.26 Å². The molecule has 9 unspecified atom stereocenters. The highest BCUT2D eigenvalue weighted by Gasteiger charge is 2.63. The zero-order valence-corrected chi connectivity index (χ0v) is 21.7. The summed E-state index contributed by atoms with van der Waals surface area (Å²) in [6.45, 7) is 10.5. The number of fused-ring (bicyclic) bond motifs is 5. The third kappa shape index (κ3) is 4.22. The Morgan fingerprint density at radius 3 is 2.53 bits per heavy atom. The molecule has 0 saturated heterocycles. The molecule has 3 N–H and O–H groups in total. The summed E-state index contributed by atoms with van der Waals surface area (Å²) in [6, 6.07) is 0. The van der Waals surface area contributed by atoms with Gasteiger partial charge in [0.1, 0.15) is 0 Å². The molecule has 0 bridgehead atoms. The first-order valence-electron chi connectivity index (χ1n) is 14.3. The molecule has 32 heavy (non-hydrogen) atoms. The van der Waals surface area contributed by atoms with E-state index in [1.54, 1.807) is 0 Å². The van der Waals surface area contributed by atoms with Crippen LogP contribution in [0, 0.1) is 46.3 Å². The summed E-state index contributed by atoms with van der Waals surface area (Å²) in [7, 11) is 0. The number of rotatable bonds is 9. The molecule has 186 valence electrons. The highest BCUT2D eigenvalue weighted by Crippen LogP contribution is 2.69. The average molecular weight is 448 g/mol. The number of unbranched alkanes of at least 4 members (excludes halogenated alkanes) is 2. The van der Waals surface area contributed by atoms with Crippen molar-refractivity contribution in [2.24, 2.45) is 52.1 Å². The lowest BCUT2D eigenvalue weighted by atomic mass is 9.41. The molecule has 4 aliphatic carbocycles. The number of nitrogens with two attached hydrogens (primary N) is 1. The maximum atomic E-state index is 8.71. The molecule has 9 atom stereocenters. The molecule has 4 saturated carbocycles. The largest absolute Gasteiger partial charge is 0.325 e. The molecule has 3 heteroatoms. The van der Waals surface area contributed by atoms with Crippen LogP contribution in [0.2, 0.25) is 0 Å². The van der Waals surface area contributed by atoms with Gasteiger partial charge in [-0.05, 0) is 117 Å². The summed E-state index contributed by atoms with van der Waals surface area (Å²) < 4.78 is 0. The minimum atomic E-state index is 0.0899. The van der Waals surface area contributed by atoms with Crippen molar-refractivity contribution in [3.8, 4) is 0 Å². The molecule has 4 aliphatic rings. The van der Waals surface area contributed by atoms with E-state index in [4.69, 9.17) is 11.0 Å². The highest BCUT2D eigenvalue weighted by atomic mass is 17.1. The van der Waals surface area contributed by atoms with E-state index < -0.39 is 0 Å². The lowest BCUT2D eigenvalue weighted by Gasteiger charge is -2.65. The molecule has 0 amide bonds. The Morgan fingerprint density at radius 1 is 0.969 bits per heavy atom. The third-order valence-electron chi connectivity index (χ3n) is 11.9. The Kier molecular flexibility index (Phi) is 7.70. The number of hydrogen-bond acceptors (Lipinski definition) is 3. The van der Waals surface area contributed by atoms with E-state index in [1.807, 2.05) is 0 Å². The molecule has 4 fully saturated rings. The summed E-state index contributed by atoms with van der Waals surface area (Å²) in [5, 5.41) is 8.71. The van der Waals surface area contributed by atoms with Gasteiger partial charge in [0, 0.05) is 5.54 Å².